The van der Waals surface area contributed by atoms with Gasteiger partial charge in [-0.15, -0.1) is 0 Å². The van der Waals surface area contributed by atoms with Crippen molar-refractivity contribution in [2.45, 2.75) is 44.5 Å². The Labute approximate surface area is 206 Å². The van der Waals surface area contributed by atoms with Crippen molar-refractivity contribution >= 4 is 54.1 Å². The highest BCUT2D eigenvalue weighted by atomic mass is 35.5. The average molecular weight is 519 g/mol. The first-order chi connectivity index (χ1) is 15.9. The van der Waals surface area contributed by atoms with Gasteiger partial charge in [0.1, 0.15) is 6.04 Å². The second-order valence-electron chi connectivity index (χ2n) is 8.01. The molecule has 2 rings (SSSR count). The number of carboxylic acid groups (broad SMARTS) is 2. The first kappa shape index (κ1) is 27.9. The van der Waals surface area contributed by atoms with E-state index in [1.807, 2.05) is 13.8 Å². The molecule has 14 heteroatoms. The van der Waals surface area contributed by atoms with Gasteiger partial charge in [-0.3, -0.25) is 9.59 Å². The van der Waals surface area contributed by atoms with Gasteiger partial charge in [0, 0.05) is 12.1 Å². The number of rotatable bonds is 11. The zero-order valence-corrected chi connectivity index (χ0v) is 20.1. The zero-order valence-electron chi connectivity index (χ0n) is 18.6. The van der Waals surface area contributed by atoms with Gasteiger partial charge in [-0.2, -0.15) is 0 Å². The number of methoxy groups -OCH3 is 1. The molecule has 1 aliphatic rings. The highest BCUT2D eigenvalue weighted by Crippen LogP contribution is 2.23. The van der Waals surface area contributed by atoms with Crippen LogP contribution in [-0.4, -0.2) is 79.0 Å². The summed E-state index contributed by atoms with van der Waals surface area (Å²) in [6.45, 7) is 3.48. The highest BCUT2D eigenvalue weighted by Gasteiger charge is 2.51. The molecule has 0 spiro atoms. The van der Waals surface area contributed by atoms with Crippen LogP contribution < -0.4 is 10.6 Å². The molecule has 0 radical (unpaired) electrons. The summed E-state index contributed by atoms with van der Waals surface area (Å²) < 4.78 is 15.7. The predicted molar refractivity (Wildman–Crippen MR) is 122 cm³/mol. The smallest absolute Gasteiger partial charge is 0.479 e. The summed E-state index contributed by atoms with van der Waals surface area (Å²) >= 11 is 12.0. The van der Waals surface area contributed by atoms with Gasteiger partial charge in [0.2, 0.25) is 5.91 Å². The molecule has 1 aliphatic heterocycles. The van der Waals surface area contributed by atoms with Gasteiger partial charge in [0.15, 0.2) is 12.2 Å². The van der Waals surface area contributed by atoms with Crippen molar-refractivity contribution < 1.29 is 43.4 Å². The van der Waals surface area contributed by atoms with Crippen molar-refractivity contribution in [3.05, 3.63) is 33.8 Å². The first-order valence-electron chi connectivity index (χ1n) is 10.3. The van der Waals surface area contributed by atoms with Crippen molar-refractivity contribution in [3.8, 4) is 0 Å². The number of benzene rings is 1. The van der Waals surface area contributed by atoms with Gasteiger partial charge < -0.3 is 34.9 Å². The summed E-state index contributed by atoms with van der Waals surface area (Å²) in [5.41, 5.74) is 0.0536. The van der Waals surface area contributed by atoms with Crippen LogP contribution in [0.4, 0.5) is 0 Å². The van der Waals surface area contributed by atoms with Gasteiger partial charge in [-0.05, 0) is 30.5 Å². The second-order valence-corrected chi connectivity index (χ2v) is 8.85. The van der Waals surface area contributed by atoms with E-state index in [1.54, 1.807) is 0 Å². The van der Waals surface area contributed by atoms with Crippen LogP contribution in [0.3, 0.4) is 0 Å². The van der Waals surface area contributed by atoms with E-state index in [4.69, 9.17) is 37.2 Å². The third-order valence-corrected chi connectivity index (χ3v) is 5.40. The van der Waals surface area contributed by atoms with E-state index in [1.165, 1.54) is 25.3 Å². The van der Waals surface area contributed by atoms with Crippen molar-refractivity contribution in [2.24, 2.45) is 5.92 Å². The molecule has 1 fully saturated rings. The fourth-order valence-corrected chi connectivity index (χ4v) is 3.69. The molecule has 34 heavy (non-hydrogen) atoms. The molecule has 1 heterocycles. The van der Waals surface area contributed by atoms with Crippen LogP contribution >= 0.6 is 23.2 Å². The molecule has 1 saturated heterocycles. The molecule has 186 valence electrons. The Morgan fingerprint density at radius 1 is 1.09 bits per heavy atom. The lowest BCUT2D eigenvalue weighted by Gasteiger charge is -2.25. The monoisotopic (exact) mass is 518 g/mol. The van der Waals surface area contributed by atoms with E-state index in [2.05, 4.69) is 10.6 Å². The number of ether oxygens (including phenoxy) is 1. The number of amides is 2. The van der Waals surface area contributed by atoms with E-state index in [0.717, 1.165) is 0 Å². The maximum atomic E-state index is 13.0. The molecule has 1 aromatic carbocycles. The fourth-order valence-electron chi connectivity index (χ4n) is 3.32. The van der Waals surface area contributed by atoms with Crippen molar-refractivity contribution in [1.29, 1.82) is 0 Å². The van der Waals surface area contributed by atoms with Crippen LogP contribution in [0.15, 0.2) is 18.2 Å². The number of aliphatic carboxylic acids is 2. The normalized spacial score (nSPS) is 19.5. The minimum Gasteiger partial charge on any atom is -0.479 e. The van der Waals surface area contributed by atoms with Crippen LogP contribution in [0, 0.1) is 5.92 Å². The van der Waals surface area contributed by atoms with Crippen LogP contribution in [0.1, 0.15) is 30.6 Å². The third-order valence-electron chi connectivity index (χ3n) is 4.83. The maximum Gasteiger partial charge on any atom is 0.482 e. The van der Waals surface area contributed by atoms with Gasteiger partial charge in [0.25, 0.3) is 5.91 Å². The molecule has 2 amide bonds. The highest BCUT2D eigenvalue weighted by molar-refractivity contribution is 6.48. The molecule has 0 aliphatic carbocycles. The largest absolute Gasteiger partial charge is 0.482 e. The topological polar surface area (TPSA) is 160 Å². The SMILES string of the molecule is COC[C@H](NC(=O)c1cc(Cl)ccc1Cl)C(=O)N[C@@H](CC(C)C)B1OC(C(=O)O)C(C(=O)O)O1. The molecule has 11 nitrogen and oxygen atoms in total. The minimum absolute atomic E-state index is 0.00890. The number of hydrogen-bond acceptors (Lipinski definition) is 7. The molecular weight excluding hydrogens is 494 g/mol. The predicted octanol–water partition coefficient (Wildman–Crippen LogP) is 1.25. The quantitative estimate of drug-likeness (QED) is 0.316. The Morgan fingerprint density at radius 2 is 1.68 bits per heavy atom. The lowest BCUT2D eigenvalue weighted by molar-refractivity contribution is -0.156. The summed E-state index contributed by atoms with van der Waals surface area (Å²) in [6, 6.07) is 3.12. The molecule has 4 atom stereocenters. The number of nitrogens with one attached hydrogen (secondary N) is 2. The van der Waals surface area contributed by atoms with E-state index >= 15 is 0 Å². The Bertz CT molecular complexity index is 911. The standard InChI is InChI=1S/C20H25BCl2N2O9/c1-9(2)6-14(21-33-15(19(28)29)16(34-21)20(30)31)25-18(27)13(8-32-3)24-17(26)11-7-10(22)4-5-12(11)23/h4-5,7,9,13-16H,6,8H2,1-3H3,(H,24,26)(H,25,27)(H,28,29)(H,30,31)/t13-,14-,15?,16?/m0/s1. The van der Waals surface area contributed by atoms with E-state index in [-0.39, 0.29) is 34.6 Å². The summed E-state index contributed by atoms with van der Waals surface area (Å²) in [6.07, 6.45) is -3.22. The molecule has 1 aromatic rings. The molecular formula is C20H25BCl2N2O9. The van der Waals surface area contributed by atoms with Gasteiger partial charge in [0.05, 0.1) is 23.1 Å². The van der Waals surface area contributed by atoms with Crippen LogP contribution in [-0.2, 0) is 28.4 Å². The Morgan fingerprint density at radius 3 is 2.18 bits per heavy atom. The number of hydrogen-bond donors (Lipinski definition) is 4. The summed E-state index contributed by atoms with van der Waals surface area (Å²) in [5.74, 6) is -5.29. The van der Waals surface area contributed by atoms with E-state index in [9.17, 15) is 29.4 Å². The summed E-state index contributed by atoms with van der Waals surface area (Å²) in [5, 5.41) is 24.1. The van der Waals surface area contributed by atoms with Gasteiger partial charge in [-0.1, -0.05) is 37.0 Å². The lowest BCUT2D eigenvalue weighted by Crippen LogP contribution is -2.56. The zero-order chi connectivity index (χ0) is 25.6. The van der Waals surface area contributed by atoms with Crippen LogP contribution in [0.25, 0.3) is 0 Å². The Kier molecular flexibility index (Phi) is 10.1. The van der Waals surface area contributed by atoms with Crippen LogP contribution in [0.5, 0.6) is 0 Å². The molecule has 2 unspecified atom stereocenters. The third kappa shape index (κ3) is 7.31. The number of carboxylic acids is 2. The second kappa shape index (κ2) is 12.4. The number of halogens is 2. The Hall–Kier alpha value is -2.38. The van der Waals surface area contributed by atoms with E-state index in [0.29, 0.717) is 0 Å². The lowest BCUT2D eigenvalue weighted by atomic mass is 9.74. The summed E-state index contributed by atoms with van der Waals surface area (Å²) in [4.78, 5) is 48.5. The number of carbonyl (C=O) groups is 4. The minimum atomic E-state index is -1.74. The molecule has 4 N–H and O–H groups in total. The van der Waals surface area contributed by atoms with Gasteiger partial charge >= 0.3 is 19.1 Å². The first-order valence-corrected chi connectivity index (χ1v) is 11.0. The van der Waals surface area contributed by atoms with Crippen molar-refractivity contribution in [2.75, 3.05) is 13.7 Å². The van der Waals surface area contributed by atoms with Crippen LogP contribution in [0.2, 0.25) is 10.0 Å². The molecule has 0 bridgehead atoms. The van der Waals surface area contributed by atoms with E-state index < -0.39 is 55.1 Å². The molecule has 0 saturated carbocycles. The van der Waals surface area contributed by atoms with Crippen molar-refractivity contribution in [3.63, 3.8) is 0 Å². The summed E-state index contributed by atoms with van der Waals surface area (Å²) in [7, 11) is -0.00231. The van der Waals surface area contributed by atoms with Crippen molar-refractivity contribution in [1.82, 2.24) is 10.6 Å². The number of carbonyl (C=O) groups excluding carboxylic acids is 2. The van der Waals surface area contributed by atoms with Gasteiger partial charge in [-0.25, -0.2) is 9.59 Å². The fraction of sp³-hybridized carbons (Fsp3) is 0.500. The maximum absolute atomic E-state index is 13.0. The molecule has 0 aromatic heterocycles. The Balaban J connectivity index is 2.19. The average Bonchev–Trinajstić information content (AvgIpc) is 3.20.